The summed E-state index contributed by atoms with van der Waals surface area (Å²) in [5.74, 6) is -2.02. The first-order valence-corrected chi connectivity index (χ1v) is 9.53. The third kappa shape index (κ3) is 4.22. The molecule has 4 rings (SSSR count). The van der Waals surface area contributed by atoms with Crippen molar-refractivity contribution in [3.63, 3.8) is 0 Å². The number of carboxylic acids is 1. The van der Waals surface area contributed by atoms with Gasteiger partial charge in [-0.1, -0.05) is 41.9 Å². The highest BCUT2D eigenvalue weighted by Crippen LogP contribution is 2.30. The molecule has 0 aliphatic carbocycles. The molecule has 2 aromatic heterocycles. The number of tetrazole rings is 1. The van der Waals surface area contributed by atoms with E-state index in [-0.39, 0.29) is 17.5 Å². The number of aromatic nitrogens is 5. The second kappa shape index (κ2) is 8.49. The summed E-state index contributed by atoms with van der Waals surface area (Å²) in [6.45, 7) is 0. The Morgan fingerprint density at radius 3 is 2.58 bits per heavy atom. The minimum atomic E-state index is -1.27. The summed E-state index contributed by atoms with van der Waals surface area (Å²) in [5.41, 5.74) is 0.698. The maximum absolute atomic E-state index is 15.2. The summed E-state index contributed by atoms with van der Waals surface area (Å²) >= 11 is 6.09. The Hall–Kier alpha value is -3.85. The molecule has 2 aromatic carbocycles. The van der Waals surface area contributed by atoms with Crippen LogP contribution < -0.4 is 5.56 Å². The fourth-order valence-corrected chi connectivity index (χ4v) is 3.48. The average Bonchev–Trinajstić information content (AvgIpc) is 3.29. The molecule has 1 atom stereocenters. The number of nitrogens with zero attached hydrogens (tertiary/aromatic N) is 5. The number of carboxylic acid groups (broad SMARTS) is 1. The molecule has 1 N–H and O–H groups in total. The molecular weight excluding hydrogens is 425 g/mol. The summed E-state index contributed by atoms with van der Waals surface area (Å²) in [4.78, 5) is 24.7. The molecule has 0 amide bonds. The molecule has 0 bridgehead atoms. The largest absolute Gasteiger partial charge is 0.480 e. The zero-order valence-electron chi connectivity index (χ0n) is 15.9. The van der Waals surface area contributed by atoms with Crippen molar-refractivity contribution in [3.05, 3.63) is 93.9 Å². The smallest absolute Gasteiger partial charge is 0.327 e. The molecular formula is C21H15ClFN5O3. The van der Waals surface area contributed by atoms with Crippen LogP contribution in [0.25, 0.3) is 16.8 Å². The lowest BCUT2D eigenvalue weighted by atomic mass is 10.0. The van der Waals surface area contributed by atoms with Crippen LogP contribution in [0.5, 0.6) is 0 Å². The molecule has 0 fully saturated rings. The Bertz CT molecular complexity index is 1290. The van der Waals surface area contributed by atoms with Crippen LogP contribution in [-0.4, -0.2) is 35.9 Å². The standard InChI is InChI=1S/C21H15ClFN5O3/c22-14-6-7-18(28-12-24-25-26-28)16(9-14)15-10-20(29)27(11-17(15)23)19(21(30)31)8-13-4-2-1-3-5-13/h1-7,9-12,19H,8H2,(H,30,31). The van der Waals surface area contributed by atoms with E-state index >= 15 is 4.39 Å². The fourth-order valence-electron chi connectivity index (χ4n) is 3.31. The van der Waals surface area contributed by atoms with Crippen molar-refractivity contribution >= 4 is 17.6 Å². The third-order valence-electron chi connectivity index (χ3n) is 4.77. The van der Waals surface area contributed by atoms with Crippen LogP contribution in [-0.2, 0) is 11.2 Å². The zero-order chi connectivity index (χ0) is 22.0. The minimum absolute atomic E-state index is 0.0297. The van der Waals surface area contributed by atoms with Gasteiger partial charge in [0.1, 0.15) is 18.2 Å². The minimum Gasteiger partial charge on any atom is -0.480 e. The predicted molar refractivity (Wildman–Crippen MR) is 111 cm³/mol. The number of rotatable bonds is 6. The number of carbonyl (C=O) groups is 1. The molecule has 0 radical (unpaired) electrons. The van der Waals surface area contributed by atoms with Crippen LogP contribution in [0.4, 0.5) is 4.39 Å². The quantitative estimate of drug-likeness (QED) is 0.495. The fraction of sp³-hybridized carbons (Fsp3) is 0.0952. The predicted octanol–water partition coefficient (Wildman–Crippen LogP) is 3.15. The Kier molecular flexibility index (Phi) is 5.59. The second-order valence-corrected chi connectivity index (χ2v) is 7.18. The third-order valence-corrected chi connectivity index (χ3v) is 5.00. The van der Waals surface area contributed by atoms with Crippen LogP contribution in [0.2, 0.25) is 5.02 Å². The highest BCUT2D eigenvalue weighted by Gasteiger charge is 2.24. The summed E-state index contributed by atoms with van der Waals surface area (Å²) < 4.78 is 17.4. The maximum atomic E-state index is 15.2. The lowest BCUT2D eigenvalue weighted by Gasteiger charge is -2.17. The van der Waals surface area contributed by atoms with Crippen molar-refractivity contribution in [1.82, 2.24) is 24.8 Å². The van der Waals surface area contributed by atoms with E-state index in [1.54, 1.807) is 42.5 Å². The average molecular weight is 440 g/mol. The van der Waals surface area contributed by atoms with E-state index in [1.807, 2.05) is 0 Å². The second-order valence-electron chi connectivity index (χ2n) is 6.74. The Morgan fingerprint density at radius 1 is 1.13 bits per heavy atom. The summed E-state index contributed by atoms with van der Waals surface area (Å²) in [6.07, 6.45) is 2.26. The van der Waals surface area contributed by atoms with Gasteiger partial charge in [0, 0.05) is 34.8 Å². The molecule has 1 unspecified atom stereocenters. The number of benzene rings is 2. The first-order valence-electron chi connectivity index (χ1n) is 9.16. The van der Waals surface area contributed by atoms with Gasteiger partial charge in [0.2, 0.25) is 0 Å². The Balaban J connectivity index is 1.81. The van der Waals surface area contributed by atoms with Crippen molar-refractivity contribution < 1.29 is 14.3 Å². The van der Waals surface area contributed by atoms with Gasteiger partial charge in [-0.15, -0.1) is 5.10 Å². The molecule has 8 nitrogen and oxygen atoms in total. The molecule has 0 spiro atoms. The zero-order valence-corrected chi connectivity index (χ0v) is 16.6. The Labute approximate surface area is 180 Å². The first-order chi connectivity index (χ1) is 14.9. The molecule has 4 aromatic rings. The Morgan fingerprint density at radius 2 is 1.90 bits per heavy atom. The normalized spacial score (nSPS) is 11.9. The van der Waals surface area contributed by atoms with Crippen LogP contribution in [0.3, 0.4) is 0 Å². The van der Waals surface area contributed by atoms with Gasteiger partial charge in [0.15, 0.2) is 0 Å². The molecule has 0 saturated heterocycles. The van der Waals surface area contributed by atoms with E-state index in [2.05, 4.69) is 15.5 Å². The lowest BCUT2D eigenvalue weighted by Crippen LogP contribution is -2.31. The van der Waals surface area contributed by atoms with Crippen molar-refractivity contribution in [3.8, 4) is 16.8 Å². The van der Waals surface area contributed by atoms with Gasteiger partial charge in [-0.2, -0.15) is 4.68 Å². The molecule has 10 heteroatoms. The van der Waals surface area contributed by atoms with E-state index in [1.165, 1.54) is 17.1 Å². The SMILES string of the molecule is O=C(O)C(Cc1ccccc1)n1cc(F)c(-c2cc(Cl)ccc2-n2cnnn2)cc1=O. The monoisotopic (exact) mass is 439 g/mol. The van der Waals surface area contributed by atoms with Gasteiger partial charge in [-0.25, -0.2) is 9.18 Å². The molecule has 31 heavy (non-hydrogen) atoms. The lowest BCUT2D eigenvalue weighted by molar-refractivity contribution is -0.141. The summed E-state index contributed by atoms with van der Waals surface area (Å²) in [7, 11) is 0. The van der Waals surface area contributed by atoms with Crippen molar-refractivity contribution in [2.75, 3.05) is 0 Å². The highest BCUT2D eigenvalue weighted by molar-refractivity contribution is 6.31. The first kappa shape index (κ1) is 20.4. The number of halogens is 2. The topological polar surface area (TPSA) is 103 Å². The van der Waals surface area contributed by atoms with Gasteiger partial charge in [0.25, 0.3) is 5.56 Å². The van der Waals surface area contributed by atoms with E-state index in [9.17, 15) is 14.7 Å². The molecule has 2 heterocycles. The van der Waals surface area contributed by atoms with E-state index in [0.29, 0.717) is 16.3 Å². The van der Waals surface area contributed by atoms with Gasteiger partial charge < -0.3 is 5.11 Å². The molecule has 0 aliphatic heterocycles. The van der Waals surface area contributed by atoms with Gasteiger partial charge in [0.05, 0.1) is 5.69 Å². The highest BCUT2D eigenvalue weighted by atomic mass is 35.5. The van der Waals surface area contributed by atoms with Crippen LogP contribution in [0.15, 0.2) is 71.9 Å². The number of pyridine rings is 1. The summed E-state index contributed by atoms with van der Waals surface area (Å²) in [5, 5.41) is 20.9. The van der Waals surface area contributed by atoms with Gasteiger partial charge >= 0.3 is 5.97 Å². The van der Waals surface area contributed by atoms with E-state index in [4.69, 9.17) is 11.6 Å². The molecule has 156 valence electrons. The van der Waals surface area contributed by atoms with Crippen molar-refractivity contribution in [1.29, 1.82) is 0 Å². The maximum Gasteiger partial charge on any atom is 0.327 e. The number of aliphatic carboxylic acids is 1. The van der Waals surface area contributed by atoms with Gasteiger partial charge in [-0.05, 0) is 34.2 Å². The molecule has 0 aliphatic rings. The van der Waals surface area contributed by atoms with Crippen LogP contribution >= 0.6 is 11.6 Å². The number of hydrogen-bond donors (Lipinski definition) is 1. The van der Waals surface area contributed by atoms with Crippen LogP contribution in [0.1, 0.15) is 11.6 Å². The van der Waals surface area contributed by atoms with E-state index in [0.717, 1.165) is 16.8 Å². The van der Waals surface area contributed by atoms with Crippen molar-refractivity contribution in [2.45, 2.75) is 12.5 Å². The van der Waals surface area contributed by atoms with Gasteiger partial charge in [-0.3, -0.25) is 9.36 Å². The molecule has 0 saturated carbocycles. The van der Waals surface area contributed by atoms with E-state index < -0.39 is 23.4 Å². The van der Waals surface area contributed by atoms with Crippen LogP contribution in [0, 0.1) is 5.82 Å². The van der Waals surface area contributed by atoms with Crippen molar-refractivity contribution in [2.24, 2.45) is 0 Å². The summed E-state index contributed by atoms with van der Waals surface area (Å²) in [6, 6.07) is 13.3. The number of hydrogen-bond acceptors (Lipinski definition) is 5.